The third-order valence-electron chi connectivity index (χ3n) is 5.90. The first-order chi connectivity index (χ1) is 16.0. The molecule has 0 spiro atoms. The molecule has 1 aliphatic heterocycles. The van der Waals surface area contributed by atoms with Gasteiger partial charge in [-0.25, -0.2) is 23.7 Å². The lowest BCUT2D eigenvalue weighted by Crippen LogP contribution is -2.16. The Morgan fingerprint density at radius 3 is 2.42 bits per heavy atom. The van der Waals surface area contributed by atoms with Gasteiger partial charge in [-0.2, -0.15) is 5.26 Å². The van der Waals surface area contributed by atoms with Gasteiger partial charge in [0.05, 0.1) is 30.1 Å². The first-order valence-electron chi connectivity index (χ1n) is 10.5. The summed E-state index contributed by atoms with van der Waals surface area (Å²) in [4.78, 5) is 14.2. The first kappa shape index (κ1) is 21.0. The summed E-state index contributed by atoms with van der Waals surface area (Å²) >= 11 is 0. The molecule has 9 heteroatoms. The fourth-order valence-corrected chi connectivity index (χ4v) is 4.20. The standard InChI is InChI=1S/C24H20F2N6O/c1-32-23(18-4-3-9-28-18)31-22-24(32)30-21(14-7-8-19(33-2)17(26)11-14)20(29-22)13-5-6-15(12-27)16(25)10-13/h5-8,10-11,18,28H,3-4,9H2,1-2H3. The molecule has 1 atom stereocenters. The predicted octanol–water partition coefficient (Wildman–Crippen LogP) is 4.28. The van der Waals surface area contributed by atoms with Gasteiger partial charge in [0, 0.05) is 18.2 Å². The first-order valence-corrected chi connectivity index (χ1v) is 10.5. The van der Waals surface area contributed by atoms with E-state index >= 15 is 0 Å². The van der Waals surface area contributed by atoms with E-state index in [4.69, 9.17) is 25.0 Å². The van der Waals surface area contributed by atoms with Crippen LogP contribution in [0, 0.1) is 23.0 Å². The minimum Gasteiger partial charge on any atom is -0.494 e. The van der Waals surface area contributed by atoms with Gasteiger partial charge in [-0.15, -0.1) is 0 Å². The molecular formula is C24H20F2N6O. The summed E-state index contributed by atoms with van der Waals surface area (Å²) in [5.41, 5.74) is 2.49. The van der Waals surface area contributed by atoms with E-state index < -0.39 is 11.6 Å². The Labute approximate surface area is 188 Å². The second kappa shape index (κ2) is 8.22. The molecule has 3 heterocycles. The lowest BCUT2D eigenvalue weighted by Gasteiger charge is -2.11. The SMILES string of the molecule is COc1ccc(-c2nc3c(nc2-c2ccc(C#N)c(F)c2)nc(C2CCCN2)n3C)cc1F. The Hall–Kier alpha value is -3.90. The number of nitrogens with zero attached hydrogens (tertiary/aromatic N) is 5. The number of ether oxygens (including phenoxy) is 1. The minimum atomic E-state index is -0.666. The number of aromatic nitrogens is 4. The summed E-state index contributed by atoms with van der Waals surface area (Å²) in [5, 5.41) is 12.5. The van der Waals surface area contributed by atoms with Gasteiger partial charge in [-0.1, -0.05) is 6.07 Å². The van der Waals surface area contributed by atoms with Crippen LogP contribution < -0.4 is 10.1 Å². The Morgan fingerprint density at radius 2 is 1.79 bits per heavy atom. The fraction of sp³-hybridized carbons (Fsp3) is 0.250. The van der Waals surface area contributed by atoms with Crippen LogP contribution in [-0.4, -0.2) is 33.2 Å². The molecule has 0 saturated carbocycles. The predicted molar refractivity (Wildman–Crippen MR) is 118 cm³/mol. The highest BCUT2D eigenvalue weighted by Crippen LogP contribution is 2.34. The average Bonchev–Trinajstić information content (AvgIpc) is 3.46. The van der Waals surface area contributed by atoms with Crippen molar-refractivity contribution in [1.82, 2.24) is 24.8 Å². The highest BCUT2D eigenvalue weighted by Gasteiger charge is 2.25. The summed E-state index contributed by atoms with van der Waals surface area (Å²) in [6.45, 7) is 0.918. The Bertz CT molecular complexity index is 1420. The third kappa shape index (κ3) is 3.58. The Morgan fingerprint density at radius 1 is 1.06 bits per heavy atom. The number of methoxy groups -OCH3 is 1. The number of fused-ring (bicyclic) bond motifs is 1. The summed E-state index contributed by atoms with van der Waals surface area (Å²) in [5.74, 6) is -0.290. The molecule has 166 valence electrons. The number of halogens is 2. The molecule has 5 rings (SSSR count). The zero-order valence-electron chi connectivity index (χ0n) is 18.1. The summed E-state index contributed by atoms with van der Waals surface area (Å²) in [6, 6.07) is 10.6. The largest absolute Gasteiger partial charge is 0.494 e. The third-order valence-corrected chi connectivity index (χ3v) is 5.90. The lowest BCUT2D eigenvalue weighted by atomic mass is 10.0. The summed E-state index contributed by atoms with van der Waals surface area (Å²) in [7, 11) is 3.27. The number of nitriles is 1. The van der Waals surface area contributed by atoms with E-state index in [1.807, 2.05) is 17.7 Å². The summed E-state index contributed by atoms with van der Waals surface area (Å²) < 4.78 is 35.9. The molecule has 0 aliphatic carbocycles. The molecule has 1 aliphatic rings. The fourth-order valence-electron chi connectivity index (χ4n) is 4.20. The van der Waals surface area contributed by atoms with Crippen molar-refractivity contribution in [3.63, 3.8) is 0 Å². The van der Waals surface area contributed by atoms with E-state index in [-0.39, 0.29) is 17.4 Å². The van der Waals surface area contributed by atoms with Crippen molar-refractivity contribution in [2.45, 2.75) is 18.9 Å². The minimum absolute atomic E-state index is 0.0720. The molecule has 2 aromatic heterocycles. The second-order valence-electron chi connectivity index (χ2n) is 7.90. The van der Waals surface area contributed by atoms with Crippen LogP contribution >= 0.6 is 0 Å². The van der Waals surface area contributed by atoms with Gasteiger partial charge in [0.25, 0.3) is 0 Å². The van der Waals surface area contributed by atoms with Crippen LogP contribution in [0.2, 0.25) is 0 Å². The molecule has 7 nitrogen and oxygen atoms in total. The van der Waals surface area contributed by atoms with Crippen LogP contribution in [0.25, 0.3) is 33.8 Å². The van der Waals surface area contributed by atoms with E-state index in [1.54, 1.807) is 12.1 Å². The van der Waals surface area contributed by atoms with Crippen molar-refractivity contribution in [3.05, 3.63) is 59.4 Å². The van der Waals surface area contributed by atoms with Crippen molar-refractivity contribution < 1.29 is 13.5 Å². The van der Waals surface area contributed by atoms with E-state index in [2.05, 4.69) is 5.32 Å². The van der Waals surface area contributed by atoms with Gasteiger partial charge in [0.15, 0.2) is 22.9 Å². The highest BCUT2D eigenvalue weighted by molar-refractivity contribution is 5.84. The molecule has 0 radical (unpaired) electrons. The van der Waals surface area contributed by atoms with Crippen molar-refractivity contribution in [1.29, 1.82) is 5.26 Å². The normalized spacial score (nSPS) is 15.7. The molecule has 0 bridgehead atoms. The van der Waals surface area contributed by atoms with Crippen LogP contribution in [-0.2, 0) is 7.05 Å². The van der Waals surface area contributed by atoms with Crippen molar-refractivity contribution in [3.8, 4) is 34.3 Å². The highest BCUT2D eigenvalue weighted by atomic mass is 19.1. The monoisotopic (exact) mass is 446 g/mol. The van der Waals surface area contributed by atoms with Crippen molar-refractivity contribution in [2.24, 2.45) is 7.05 Å². The lowest BCUT2D eigenvalue weighted by molar-refractivity contribution is 0.386. The Kier molecular flexibility index (Phi) is 5.23. The molecule has 1 fully saturated rings. The van der Waals surface area contributed by atoms with Crippen LogP contribution in [0.15, 0.2) is 36.4 Å². The molecule has 2 aromatic carbocycles. The van der Waals surface area contributed by atoms with Crippen LogP contribution in [0.5, 0.6) is 5.75 Å². The van der Waals surface area contributed by atoms with Gasteiger partial charge in [-0.05, 0) is 49.7 Å². The number of nitrogens with one attached hydrogen (secondary N) is 1. The van der Waals surface area contributed by atoms with Crippen LogP contribution in [0.4, 0.5) is 8.78 Å². The Balaban J connectivity index is 1.75. The molecule has 33 heavy (non-hydrogen) atoms. The zero-order chi connectivity index (χ0) is 23.1. The molecule has 1 N–H and O–H groups in total. The number of hydrogen-bond donors (Lipinski definition) is 1. The van der Waals surface area contributed by atoms with Crippen molar-refractivity contribution in [2.75, 3.05) is 13.7 Å². The average molecular weight is 446 g/mol. The maximum atomic E-state index is 14.5. The van der Waals surface area contributed by atoms with Crippen molar-refractivity contribution >= 4 is 11.3 Å². The van der Waals surface area contributed by atoms with E-state index in [0.29, 0.717) is 33.8 Å². The van der Waals surface area contributed by atoms with Crippen LogP contribution in [0.3, 0.4) is 0 Å². The van der Waals surface area contributed by atoms with Gasteiger partial charge in [0.2, 0.25) is 0 Å². The molecule has 4 aromatic rings. The number of benzene rings is 2. The summed E-state index contributed by atoms with van der Waals surface area (Å²) in [6.07, 6.45) is 2.02. The van der Waals surface area contributed by atoms with Gasteiger partial charge in [0.1, 0.15) is 17.7 Å². The zero-order valence-corrected chi connectivity index (χ0v) is 18.1. The number of imidazole rings is 1. The van der Waals surface area contributed by atoms with E-state index in [0.717, 1.165) is 25.2 Å². The van der Waals surface area contributed by atoms with Gasteiger partial charge >= 0.3 is 0 Å². The maximum Gasteiger partial charge on any atom is 0.198 e. The topological polar surface area (TPSA) is 88.7 Å². The number of rotatable bonds is 4. The number of hydrogen-bond acceptors (Lipinski definition) is 6. The van der Waals surface area contributed by atoms with E-state index in [9.17, 15) is 8.78 Å². The van der Waals surface area contributed by atoms with Crippen LogP contribution in [0.1, 0.15) is 30.3 Å². The number of aryl methyl sites for hydroxylation is 1. The molecule has 1 saturated heterocycles. The smallest absolute Gasteiger partial charge is 0.198 e. The maximum absolute atomic E-state index is 14.5. The van der Waals surface area contributed by atoms with Gasteiger partial charge in [-0.3, -0.25) is 0 Å². The van der Waals surface area contributed by atoms with Gasteiger partial charge < -0.3 is 14.6 Å². The molecule has 1 unspecified atom stereocenters. The second-order valence-corrected chi connectivity index (χ2v) is 7.90. The molecule has 0 amide bonds. The van der Waals surface area contributed by atoms with E-state index in [1.165, 1.54) is 31.4 Å². The molecular weight excluding hydrogens is 426 g/mol. The quantitative estimate of drug-likeness (QED) is 0.503.